The number of aromatic nitrogens is 1. The summed E-state index contributed by atoms with van der Waals surface area (Å²) in [5.74, 6) is -1.41. The summed E-state index contributed by atoms with van der Waals surface area (Å²) in [6, 6.07) is 2.35. The van der Waals surface area contributed by atoms with Gasteiger partial charge in [0.05, 0.1) is 5.56 Å². The molecule has 1 fully saturated rings. The van der Waals surface area contributed by atoms with Crippen molar-refractivity contribution in [2.45, 2.75) is 38.6 Å². The molecule has 0 saturated carbocycles. The maximum Gasteiger partial charge on any atom is 0.335 e. The van der Waals surface area contributed by atoms with Crippen LogP contribution in [0.15, 0.2) is 12.1 Å². The summed E-state index contributed by atoms with van der Waals surface area (Å²) in [6.45, 7) is 1.97. The second-order valence-corrected chi connectivity index (χ2v) is 4.94. The lowest BCUT2D eigenvalue weighted by atomic mass is 10.1. The molecule has 0 bridgehead atoms. The second-order valence-electron chi connectivity index (χ2n) is 4.94. The summed E-state index contributed by atoms with van der Waals surface area (Å²) in [7, 11) is 0. The lowest BCUT2D eigenvalue weighted by Gasteiger charge is -2.22. The highest BCUT2D eigenvalue weighted by Crippen LogP contribution is 2.16. The molecule has 0 radical (unpaired) electrons. The molecule has 2 amide bonds. The number of carbonyl (C=O) groups is 3. The van der Waals surface area contributed by atoms with Gasteiger partial charge < -0.3 is 10.4 Å². The molecule has 1 aromatic heterocycles. The smallest absolute Gasteiger partial charge is 0.335 e. The molecule has 1 unspecified atom stereocenters. The number of carboxylic acids is 1. The first-order valence-electron chi connectivity index (χ1n) is 6.84. The van der Waals surface area contributed by atoms with Crippen LogP contribution in [0.3, 0.4) is 0 Å². The Labute approximate surface area is 121 Å². The summed E-state index contributed by atoms with van der Waals surface area (Å²) in [6.07, 6.45) is 2.12. The Morgan fingerprint density at radius 2 is 2.24 bits per heavy atom. The van der Waals surface area contributed by atoms with Crippen molar-refractivity contribution in [3.63, 3.8) is 0 Å². The first-order valence-corrected chi connectivity index (χ1v) is 6.84. The number of nitrogens with one attached hydrogen (secondary N) is 2. The number of carboxylic acid groups (broad SMARTS) is 1. The van der Waals surface area contributed by atoms with Crippen molar-refractivity contribution in [3.05, 3.63) is 23.4 Å². The first-order chi connectivity index (χ1) is 9.99. The molecular weight excluding hydrogens is 274 g/mol. The van der Waals surface area contributed by atoms with E-state index in [1.54, 1.807) is 0 Å². The molecule has 0 aliphatic carbocycles. The van der Waals surface area contributed by atoms with Gasteiger partial charge in [-0.05, 0) is 25.0 Å². The number of rotatable bonds is 5. The number of imide groups is 1. The minimum Gasteiger partial charge on any atom is -0.478 e. The van der Waals surface area contributed by atoms with Crippen molar-refractivity contribution in [2.75, 3.05) is 5.32 Å². The highest BCUT2D eigenvalue weighted by atomic mass is 16.4. The second kappa shape index (κ2) is 6.34. The van der Waals surface area contributed by atoms with Gasteiger partial charge in [0.25, 0.3) is 0 Å². The SMILES string of the molecule is CCCc1cc(C(=O)O)cc(NC2CCC(=O)NC2=O)n1. The Balaban J connectivity index is 2.20. The molecule has 1 aliphatic heterocycles. The van der Waals surface area contributed by atoms with Gasteiger partial charge >= 0.3 is 5.97 Å². The summed E-state index contributed by atoms with van der Waals surface area (Å²) in [4.78, 5) is 38.2. The van der Waals surface area contributed by atoms with Crippen molar-refractivity contribution in [2.24, 2.45) is 0 Å². The number of piperidine rings is 1. The molecule has 2 heterocycles. The number of hydrogen-bond donors (Lipinski definition) is 3. The summed E-state index contributed by atoms with van der Waals surface area (Å²) in [5, 5.41) is 14.3. The van der Waals surface area contributed by atoms with Gasteiger partial charge in [0.15, 0.2) is 0 Å². The average molecular weight is 291 g/mol. The van der Waals surface area contributed by atoms with Gasteiger partial charge in [0.1, 0.15) is 11.9 Å². The standard InChI is InChI=1S/C14H17N3O4/c1-2-3-9-6-8(14(20)21)7-11(15-9)16-10-4-5-12(18)17-13(10)19/h6-7,10H,2-5H2,1H3,(H,15,16)(H,20,21)(H,17,18,19). The quantitative estimate of drug-likeness (QED) is 0.697. The van der Waals surface area contributed by atoms with E-state index in [-0.39, 0.29) is 17.9 Å². The van der Waals surface area contributed by atoms with Crippen molar-refractivity contribution in [3.8, 4) is 0 Å². The Bertz CT molecular complexity index is 586. The van der Waals surface area contributed by atoms with Gasteiger partial charge in [-0.25, -0.2) is 9.78 Å². The van der Waals surface area contributed by atoms with Crippen LogP contribution in [-0.4, -0.2) is 33.9 Å². The number of hydrogen-bond acceptors (Lipinski definition) is 5. The lowest BCUT2D eigenvalue weighted by Crippen LogP contribution is -2.47. The highest BCUT2D eigenvalue weighted by molar-refractivity contribution is 6.01. The van der Waals surface area contributed by atoms with Crippen molar-refractivity contribution in [1.29, 1.82) is 0 Å². The fourth-order valence-corrected chi connectivity index (χ4v) is 2.18. The highest BCUT2D eigenvalue weighted by Gasteiger charge is 2.26. The van der Waals surface area contributed by atoms with Gasteiger partial charge in [-0.2, -0.15) is 0 Å². The molecule has 7 heteroatoms. The van der Waals surface area contributed by atoms with E-state index in [0.29, 0.717) is 24.4 Å². The molecular formula is C14H17N3O4. The predicted molar refractivity (Wildman–Crippen MR) is 75.0 cm³/mol. The van der Waals surface area contributed by atoms with Crippen LogP contribution in [0.4, 0.5) is 5.82 Å². The largest absolute Gasteiger partial charge is 0.478 e. The molecule has 1 aromatic rings. The van der Waals surface area contributed by atoms with Crippen molar-refractivity contribution in [1.82, 2.24) is 10.3 Å². The normalized spacial score (nSPS) is 18.2. The zero-order valence-electron chi connectivity index (χ0n) is 11.7. The van der Waals surface area contributed by atoms with Crippen LogP contribution >= 0.6 is 0 Å². The third kappa shape index (κ3) is 3.77. The molecule has 7 nitrogen and oxygen atoms in total. The van der Waals surface area contributed by atoms with E-state index in [4.69, 9.17) is 5.11 Å². The molecule has 21 heavy (non-hydrogen) atoms. The van der Waals surface area contributed by atoms with Crippen LogP contribution in [0.5, 0.6) is 0 Å². The number of aryl methyl sites for hydroxylation is 1. The molecule has 1 atom stereocenters. The monoisotopic (exact) mass is 291 g/mol. The zero-order chi connectivity index (χ0) is 15.4. The minimum absolute atomic E-state index is 0.128. The Morgan fingerprint density at radius 3 is 2.86 bits per heavy atom. The molecule has 1 aliphatic rings. The van der Waals surface area contributed by atoms with E-state index < -0.39 is 17.9 Å². The number of amides is 2. The van der Waals surface area contributed by atoms with E-state index in [1.165, 1.54) is 12.1 Å². The molecule has 0 aromatic carbocycles. The maximum absolute atomic E-state index is 11.7. The number of aromatic carboxylic acids is 1. The van der Waals surface area contributed by atoms with Gasteiger partial charge in [0, 0.05) is 12.1 Å². The average Bonchev–Trinajstić information content (AvgIpc) is 2.42. The molecule has 1 saturated heterocycles. The molecule has 112 valence electrons. The Hall–Kier alpha value is -2.44. The fraction of sp³-hybridized carbons (Fsp3) is 0.429. The third-order valence-corrected chi connectivity index (χ3v) is 3.19. The van der Waals surface area contributed by atoms with Crippen LogP contribution in [0.1, 0.15) is 42.2 Å². The number of carbonyl (C=O) groups excluding carboxylic acids is 2. The van der Waals surface area contributed by atoms with Gasteiger partial charge in [-0.15, -0.1) is 0 Å². The molecule has 2 rings (SSSR count). The minimum atomic E-state index is -1.04. The third-order valence-electron chi connectivity index (χ3n) is 3.19. The lowest BCUT2D eigenvalue weighted by molar-refractivity contribution is -0.133. The number of nitrogens with zero attached hydrogens (tertiary/aromatic N) is 1. The molecule has 0 spiro atoms. The summed E-state index contributed by atoms with van der Waals surface area (Å²) < 4.78 is 0. The zero-order valence-corrected chi connectivity index (χ0v) is 11.7. The predicted octanol–water partition coefficient (Wildman–Crippen LogP) is 0.949. The van der Waals surface area contributed by atoms with Crippen LogP contribution in [0, 0.1) is 0 Å². The van der Waals surface area contributed by atoms with Crippen LogP contribution in [0.25, 0.3) is 0 Å². The summed E-state index contributed by atoms with van der Waals surface area (Å²) in [5.41, 5.74) is 0.787. The topological polar surface area (TPSA) is 108 Å². The van der Waals surface area contributed by atoms with E-state index in [1.807, 2.05) is 6.92 Å². The van der Waals surface area contributed by atoms with E-state index >= 15 is 0 Å². The maximum atomic E-state index is 11.7. The van der Waals surface area contributed by atoms with Gasteiger partial charge in [0.2, 0.25) is 11.8 Å². The van der Waals surface area contributed by atoms with Crippen molar-refractivity contribution < 1.29 is 19.5 Å². The van der Waals surface area contributed by atoms with E-state index in [0.717, 1.165) is 6.42 Å². The Morgan fingerprint density at radius 1 is 1.48 bits per heavy atom. The first kappa shape index (κ1) is 15.0. The van der Waals surface area contributed by atoms with E-state index in [2.05, 4.69) is 15.6 Å². The van der Waals surface area contributed by atoms with Crippen LogP contribution < -0.4 is 10.6 Å². The van der Waals surface area contributed by atoms with Crippen LogP contribution in [-0.2, 0) is 16.0 Å². The fourth-order valence-electron chi connectivity index (χ4n) is 2.18. The molecule has 3 N–H and O–H groups in total. The van der Waals surface area contributed by atoms with Crippen LogP contribution in [0.2, 0.25) is 0 Å². The Kier molecular flexibility index (Phi) is 4.52. The van der Waals surface area contributed by atoms with Gasteiger partial charge in [-0.3, -0.25) is 14.9 Å². The van der Waals surface area contributed by atoms with E-state index in [9.17, 15) is 14.4 Å². The summed E-state index contributed by atoms with van der Waals surface area (Å²) >= 11 is 0. The van der Waals surface area contributed by atoms with Crippen molar-refractivity contribution >= 4 is 23.6 Å². The van der Waals surface area contributed by atoms with Gasteiger partial charge in [-0.1, -0.05) is 13.3 Å². The number of anilines is 1. The number of pyridine rings is 1.